The maximum absolute atomic E-state index is 11.6. The summed E-state index contributed by atoms with van der Waals surface area (Å²) in [6.07, 6.45) is 0. The number of para-hydroxylation sites is 1. The van der Waals surface area contributed by atoms with E-state index in [1.807, 2.05) is 24.3 Å². The molecule has 4 nitrogen and oxygen atoms in total. The van der Waals surface area contributed by atoms with E-state index in [0.29, 0.717) is 16.9 Å². The molecular formula is C14H14N2O2. The zero-order valence-electron chi connectivity index (χ0n) is 10.0. The topological polar surface area (TPSA) is 64.3 Å². The molecule has 0 aliphatic rings. The fourth-order valence-electron chi connectivity index (χ4n) is 1.65. The van der Waals surface area contributed by atoms with Gasteiger partial charge in [-0.3, -0.25) is 0 Å². The minimum atomic E-state index is -0.373. The predicted octanol–water partition coefficient (Wildman–Crippen LogP) is 2.80. The summed E-state index contributed by atoms with van der Waals surface area (Å²) in [6, 6.07) is 14.5. The Bertz CT molecular complexity index is 567. The Morgan fingerprint density at radius 3 is 2.67 bits per heavy atom. The maximum Gasteiger partial charge on any atom is 0.339 e. The first-order chi connectivity index (χ1) is 8.70. The second-order valence-corrected chi connectivity index (χ2v) is 3.79. The maximum atomic E-state index is 11.6. The van der Waals surface area contributed by atoms with Gasteiger partial charge in [-0.05, 0) is 30.3 Å². The van der Waals surface area contributed by atoms with Gasteiger partial charge >= 0.3 is 5.97 Å². The lowest BCUT2D eigenvalue weighted by Gasteiger charge is -2.10. The van der Waals surface area contributed by atoms with Crippen molar-refractivity contribution in [3.63, 3.8) is 0 Å². The molecule has 0 radical (unpaired) electrons. The van der Waals surface area contributed by atoms with Crippen LogP contribution in [0.25, 0.3) is 0 Å². The Labute approximate surface area is 105 Å². The molecule has 92 valence electrons. The van der Waals surface area contributed by atoms with Crippen molar-refractivity contribution in [1.29, 1.82) is 0 Å². The van der Waals surface area contributed by atoms with E-state index in [2.05, 4.69) is 5.32 Å². The van der Waals surface area contributed by atoms with Crippen molar-refractivity contribution in [1.82, 2.24) is 0 Å². The molecular weight excluding hydrogens is 228 g/mol. The Kier molecular flexibility index (Phi) is 3.48. The molecule has 0 saturated carbocycles. The number of carbonyl (C=O) groups excluding carboxylic acids is 1. The number of anilines is 3. The van der Waals surface area contributed by atoms with E-state index in [1.165, 1.54) is 7.11 Å². The third-order valence-electron chi connectivity index (χ3n) is 2.50. The molecule has 18 heavy (non-hydrogen) atoms. The van der Waals surface area contributed by atoms with Gasteiger partial charge in [0.2, 0.25) is 0 Å². The Balaban J connectivity index is 2.32. The van der Waals surface area contributed by atoms with Crippen molar-refractivity contribution in [3.8, 4) is 0 Å². The number of ether oxygens (including phenoxy) is 1. The Morgan fingerprint density at radius 1 is 1.17 bits per heavy atom. The minimum absolute atomic E-state index is 0.373. The first-order valence-electron chi connectivity index (χ1n) is 5.50. The van der Waals surface area contributed by atoms with Gasteiger partial charge in [0.1, 0.15) is 0 Å². The monoisotopic (exact) mass is 242 g/mol. The van der Waals surface area contributed by atoms with Crippen molar-refractivity contribution in [2.24, 2.45) is 0 Å². The average Bonchev–Trinajstić information content (AvgIpc) is 2.38. The summed E-state index contributed by atoms with van der Waals surface area (Å²) in [5.41, 5.74) is 8.37. The van der Waals surface area contributed by atoms with E-state index in [-0.39, 0.29) is 5.97 Å². The van der Waals surface area contributed by atoms with Crippen LogP contribution in [-0.2, 0) is 4.74 Å². The van der Waals surface area contributed by atoms with Crippen LogP contribution in [0.5, 0.6) is 0 Å². The Morgan fingerprint density at radius 2 is 1.94 bits per heavy atom. The number of benzene rings is 2. The molecule has 0 bridgehead atoms. The summed E-state index contributed by atoms with van der Waals surface area (Å²) in [6.45, 7) is 0. The number of carbonyl (C=O) groups is 1. The summed E-state index contributed by atoms with van der Waals surface area (Å²) >= 11 is 0. The van der Waals surface area contributed by atoms with Crippen LogP contribution in [0.15, 0.2) is 48.5 Å². The number of hydrogen-bond acceptors (Lipinski definition) is 4. The highest BCUT2D eigenvalue weighted by Crippen LogP contribution is 2.22. The lowest BCUT2D eigenvalue weighted by atomic mass is 10.1. The highest BCUT2D eigenvalue weighted by Gasteiger charge is 2.10. The van der Waals surface area contributed by atoms with E-state index >= 15 is 0 Å². The van der Waals surface area contributed by atoms with Gasteiger partial charge in [0.05, 0.1) is 18.4 Å². The molecule has 4 heteroatoms. The SMILES string of the molecule is COC(=O)c1ccccc1Nc1cccc(N)c1. The van der Waals surface area contributed by atoms with E-state index in [4.69, 9.17) is 10.5 Å². The molecule has 0 atom stereocenters. The highest BCUT2D eigenvalue weighted by molar-refractivity contribution is 5.96. The van der Waals surface area contributed by atoms with Crippen molar-refractivity contribution in [3.05, 3.63) is 54.1 Å². The summed E-state index contributed by atoms with van der Waals surface area (Å²) < 4.78 is 4.73. The van der Waals surface area contributed by atoms with Gasteiger partial charge < -0.3 is 15.8 Å². The second kappa shape index (κ2) is 5.23. The first-order valence-corrected chi connectivity index (χ1v) is 5.50. The molecule has 2 aromatic rings. The van der Waals surface area contributed by atoms with Crippen LogP contribution in [-0.4, -0.2) is 13.1 Å². The number of nitrogens with one attached hydrogen (secondary N) is 1. The van der Waals surface area contributed by atoms with Crippen LogP contribution in [0.2, 0.25) is 0 Å². The molecule has 2 aromatic carbocycles. The van der Waals surface area contributed by atoms with Crippen LogP contribution >= 0.6 is 0 Å². The number of rotatable bonds is 3. The van der Waals surface area contributed by atoms with Crippen LogP contribution in [0.4, 0.5) is 17.1 Å². The predicted molar refractivity (Wildman–Crippen MR) is 71.9 cm³/mol. The van der Waals surface area contributed by atoms with Crippen molar-refractivity contribution in [2.75, 3.05) is 18.2 Å². The minimum Gasteiger partial charge on any atom is -0.465 e. The standard InChI is InChI=1S/C14H14N2O2/c1-18-14(17)12-7-2-3-8-13(12)16-11-6-4-5-10(15)9-11/h2-9,16H,15H2,1H3. The third kappa shape index (κ3) is 2.60. The molecule has 0 fully saturated rings. The van der Waals surface area contributed by atoms with Crippen molar-refractivity contribution < 1.29 is 9.53 Å². The lowest BCUT2D eigenvalue weighted by molar-refractivity contribution is 0.0602. The molecule has 2 rings (SSSR count). The lowest BCUT2D eigenvalue weighted by Crippen LogP contribution is -2.05. The van der Waals surface area contributed by atoms with E-state index < -0.39 is 0 Å². The molecule has 0 saturated heterocycles. The molecule has 0 aromatic heterocycles. The molecule has 0 heterocycles. The Hall–Kier alpha value is -2.49. The third-order valence-corrected chi connectivity index (χ3v) is 2.50. The summed E-state index contributed by atoms with van der Waals surface area (Å²) in [4.78, 5) is 11.6. The number of hydrogen-bond donors (Lipinski definition) is 2. The number of methoxy groups -OCH3 is 1. The van der Waals surface area contributed by atoms with E-state index in [1.54, 1.807) is 24.3 Å². The molecule has 0 aliphatic carbocycles. The van der Waals surface area contributed by atoms with Gasteiger partial charge in [0.15, 0.2) is 0 Å². The summed E-state index contributed by atoms with van der Waals surface area (Å²) in [5, 5.41) is 3.15. The quantitative estimate of drug-likeness (QED) is 0.641. The van der Waals surface area contributed by atoms with Crippen molar-refractivity contribution in [2.45, 2.75) is 0 Å². The average molecular weight is 242 g/mol. The molecule has 3 N–H and O–H groups in total. The fourth-order valence-corrected chi connectivity index (χ4v) is 1.65. The van der Waals surface area contributed by atoms with Crippen LogP contribution in [0.3, 0.4) is 0 Å². The van der Waals surface area contributed by atoms with Crippen LogP contribution in [0, 0.1) is 0 Å². The summed E-state index contributed by atoms with van der Waals surface area (Å²) in [7, 11) is 1.36. The normalized spacial score (nSPS) is 9.83. The van der Waals surface area contributed by atoms with E-state index in [0.717, 1.165) is 5.69 Å². The van der Waals surface area contributed by atoms with E-state index in [9.17, 15) is 4.79 Å². The van der Waals surface area contributed by atoms with Gasteiger partial charge in [-0.15, -0.1) is 0 Å². The number of nitrogens with two attached hydrogens (primary N) is 1. The van der Waals surface area contributed by atoms with Gasteiger partial charge in [-0.25, -0.2) is 4.79 Å². The van der Waals surface area contributed by atoms with Crippen molar-refractivity contribution >= 4 is 23.0 Å². The molecule has 0 unspecified atom stereocenters. The highest BCUT2D eigenvalue weighted by atomic mass is 16.5. The smallest absolute Gasteiger partial charge is 0.339 e. The van der Waals surface area contributed by atoms with Crippen LogP contribution in [0.1, 0.15) is 10.4 Å². The van der Waals surface area contributed by atoms with Crippen LogP contribution < -0.4 is 11.1 Å². The fraction of sp³-hybridized carbons (Fsp3) is 0.0714. The van der Waals surface area contributed by atoms with Gasteiger partial charge in [0, 0.05) is 11.4 Å². The zero-order valence-corrected chi connectivity index (χ0v) is 10.0. The molecule has 0 spiro atoms. The first kappa shape index (κ1) is 12.0. The number of nitrogen functional groups attached to an aromatic ring is 1. The molecule has 0 aliphatic heterocycles. The molecule has 0 amide bonds. The second-order valence-electron chi connectivity index (χ2n) is 3.79. The largest absolute Gasteiger partial charge is 0.465 e. The van der Waals surface area contributed by atoms with Gasteiger partial charge in [-0.2, -0.15) is 0 Å². The number of esters is 1. The van der Waals surface area contributed by atoms with Gasteiger partial charge in [0.25, 0.3) is 0 Å². The zero-order chi connectivity index (χ0) is 13.0. The van der Waals surface area contributed by atoms with Gasteiger partial charge in [-0.1, -0.05) is 18.2 Å². The summed E-state index contributed by atoms with van der Waals surface area (Å²) in [5.74, 6) is -0.373.